The fourth-order valence-electron chi connectivity index (χ4n) is 1.84. The Morgan fingerprint density at radius 1 is 1.13 bits per heavy atom. The van der Waals surface area contributed by atoms with Crippen LogP contribution < -0.4 is 5.19 Å². The molecule has 0 amide bonds. The van der Waals surface area contributed by atoms with Crippen molar-refractivity contribution >= 4 is 37.9 Å². The topological polar surface area (TPSA) is 12.9 Å². The summed E-state index contributed by atoms with van der Waals surface area (Å²) in [7, 11) is 0.980. The summed E-state index contributed by atoms with van der Waals surface area (Å²) in [5.74, 6) is 0. The van der Waals surface area contributed by atoms with Crippen molar-refractivity contribution in [2.45, 2.75) is 20.8 Å². The number of pyridine rings is 1. The minimum Gasteiger partial charge on any atom is -0.253 e. The molecule has 1 aromatic heterocycles. The smallest absolute Gasteiger partial charge is 0.0722 e. The van der Waals surface area contributed by atoms with Crippen LogP contribution in [0.1, 0.15) is 16.8 Å². The molecule has 0 saturated carbocycles. The van der Waals surface area contributed by atoms with E-state index >= 15 is 0 Å². The molecule has 78 valence electrons. The quantitative estimate of drug-likeness (QED) is 0.635. The fourth-order valence-corrected chi connectivity index (χ4v) is 2.56. The molecule has 1 heterocycles. The van der Waals surface area contributed by atoms with Gasteiger partial charge in [0.2, 0.25) is 0 Å². The van der Waals surface area contributed by atoms with E-state index in [-0.39, 0.29) is 0 Å². The summed E-state index contributed by atoms with van der Waals surface area (Å²) >= 11 is 6.35. The van der Waals surface area contributed by atoms with Gasteiger partial charge in [-0.3, -0.25) is 4.98 Å². The summed E-state index contributed by atoms with van der Waals surface area (Å²) in [6, 6.07) is 4.15. The second-order valence-corrected chi connectivity index (χ2v) is 5.49. The Labute approximate surface area is 97.9 Å². The molecule has 1 nitrogen and oxygen atoms in total. The van der Waals surface area contributed by atoms with Crippen molar-refractivity contribution in [2.75, 3.05) is 0 Å². The minimum absolute atomic E-state index is 0.896. The van der Waals surface area contributed by atoms with E-state index in [0.29, 0.717) is 0 Å². The molecule has 1 aromatic carbocycles. The maximum Gasteiger partial charge on any atom is 0.0722 e. The minimum atomic E-state index is 0.896. The lowest BCUT2D eigenvalue weighted by molar-refractivity contribution is 1.17. The molecule has 0 aliphatic heterocycles. The van der Waals surface area contributed by atoms with E-state index in [9.17, 15) is 0 Å². The maximum absolute atomic E-state index is 6.35. The van der Waals surface area contributed by atoms with Gasteiger partial charge in [0.25, 0.3) is 0 Å². The second-order valence-electron chi connectivity index (χ2n) is 4.04. The van der Waals surface area contributed by atoms with E-state index in [4.69, 9.17) is 11.6 Å². The number of hydrogen-bond donors (Lipinski definition) is 0. The molecule has 3 heteroatoms. The van der Waals surface area contributed by atoms with Crippen LogP contribution in [0.4, 0.5) is 0 Å². The van der Waals surface area contributed by atoms with Gasteiger partial charge in [0.1, 0.15) is 0 Å². The number of aromatic nitrogens is 1. The standard InChI is InChI=1S/C12H14ClNSi/c1-6-7(2)11-9(14-8(6)3)4-5-10(15)12(11)13/h4-5H,1-3,15H3. The lowest BCUT2D eigenvalue weighted by atomic mass is 10.0. The van der Waals surface area contributed by atoms with Crippen LogP contribution in [0.3, 0.4) is 0 Å². The predicted octanol–water partition coefficient (Wildman–Crippen LogP) is 1.80. The third-order valence-electron chi connectivity index (χ3n) is 3.08. The van der Waals surface area contributed by atoms with E-state index in [1.54, 1.807) is 0 Å². The highest BCUT2D eigenvalue weighted by Crippen LogP contribution is 2.26. The molecule has 0 spiro atoms. The van der Waals surface area contributed by atoms with Crippen molar-refractivity contribution < 1.29 is 0 Å². The van der Waals surface area contributed by atoms with Crippen LogP contribution in [0, 0.1) is 20.8 Å². The lowest BCUT2D eigenvalue weighted by Gasteiger charge is -2.11. The lowest BCUT2D eigenvalue weighted by Crippen LogP contribution is -2.06. The van der Waals surface area contributed by atoms with Crippen LogP contribution in [-0.2, 0) is 0 Å². The van der Waals surface area contributed by atoms with Crippen LogP contribution in [0.2, 0.25) is 5.02 Å². The summed E-state index contributed by atoms with van der Waals surface area (Å²) in [4.78, 5) is 4.57. The number of rotatable bonds is 0. The van der Waals surface area contributed by atoms with E-state index in [2.05, 4.69) is 31.0 Å². The van der Waals surface area contributed by atoms with Crippen molar-refractivity contribution in [3.05, 3.63) is 34.0 Å². The molecule has 0 aliphatic carbocycles. The Balaban J connectivity index is 3.00. The zero-order valence-electron chi connectivity index (χ0n) is 9.48. The number of hydrogen-bond acceptors (Lipinski definition) is 1. The number of nitrogens with zero attached hydrogens (tertiary/aromatic N) is 1. The van der Waals surface area contributed by atoms with Gasteiger partial charge in [0, 0.05) is 26.3 Å². The Kier molecular flexibility index (Phi) is 2.57. The first kappa shape index (κ1) is 10.6. The number of aryl methyl sites for hydroxylation is 2. The van der Waals surface area contributed by atoms with E-state index in [0.717, 1.165) is 31.9 Å². The fraction of sp³-hybridized carbons (Fsp3) is 0.250. The number of fused-ring (bicyclic) bond motifs is 1. The van der Waals surface area contributed by atoms with Crippen LogP contribution in [0.15, 0.2) is 12.1 Å². The molecule has 0 N–H and O–H groups in total. The Bertz CT molecular complexity index is 549. The molecule has 0 radical (unpaired) electrons. The molecule has 15 heavy (non-hydrogen) atoms. The van der Waals surface area contributed by atoms with E-state index in [1.807, 2.05) is 6.92 Å². The van der Waals surface area contributed by atoms with Gasteiger partial charge in [-0.15, -0.1) is 0 Å². The highest BCUT2D eigenvalue weighted by atomic mass is 35.5. The van der Waals surface area contributed by atoms with Crippen LogP contribution >= 0.6 is 11.6 Å². The molecule has 0 unspecified atom stereocenters. The molecule has 2 rings (SSSR count). The van der Waals surface area contributed by atoms with E-state index < -0.39 is 0 Å². The second kappa shape index (κ2) is 3.61. The van der Waals surface area contributed by atoms with Gasteiger partial charge in [0.05, 0.1) is 5.52 Å². The van der Waals surface area contributed by atoms with Gasteiger partial charge in [-0.1, -0.05) is 22.9 Å². The molecule has 0 saturated heterocycles. The van der Waals surface area contributed by atoms with Gasteiger partial charge < -0.3 is 0 Å². The summed E-state index contributed by atoms with van der Waals surface area (Å²) in [5, 5.41) is 3.27. The third-order valence-corrected chi connectivity index (χ3v) is 4.72. The van der Waals surface area contributed by atoms with Crippen LogP contribution in [0.25, 0.3) is 10.9 Å². The Morgan fingerprint density at radius 3 is 2.47 bits per heavy atom. The predicted molar refractivity (Wildman–Crippen MR) is 70.5 cm³/mol. The Morgan fingerprint density at radius 2 is 1.80 bits per heavy atom. The largest absolute Gasteiger partial charge is 0.253 e. The van der Waals surface area contributed by atoms with E-state index in [1.165, 1.54) is 16.3 Å². The molecule has 0 fully saturated rings. The average molecular weight is 236 g/mol. The maximum atomic E-state index is 6.35. The molecule has 0 aliphatic rings. The van der Waals surface area contributed by atoms with Crippen molar-refractivity contribution in [1.82, 2.24) is 4.98 Å². The van der Waals surface area contributed by atoms with Crippen molar-refractivity contribution in [1.29, 1.82) is 0 Å². The van der Waals surface area contributed by atoms with Crippen molar-refractivity contribution in [2.24, 2.45) is 0 Å². The average Bonchev–Trinajstić information content (AvgIpc) is 2.20. The summed E-state index contributed by atoms with van der Waals surface area (Å²) in [5.41, 5.74) is 4.62. The number of halogens is 1. The molecular weight excluding hydrogens is 222 g/mol. The van der Waals surface area contributed by atoms with Gasteiger partial charge in [0.15, 0.2) is 0 Å². The first-order valence-electron chi connectivity index (χ1n) is 5.05. The monoisotopic (exact) mass is 235 g/mol. The number of benzene rings is 1. The van der Waals surface area contributed by atoms with Crippen molar-refractivity contribution in [3.63, 3.8) is 0 Å². The zero-order valence-corrected chi connectivity index (χ0v) is 12.2. The third kappa shape index (κ3) is 1.58. The summed E-state index contributed by atoms with van der Waals surface area (Å²) in [6.07, 6.45) is 0. The zero-order chi connectivity index (χ0) is 11.2. The van der Waals surface area contributed by atoms with Crippen LogP contribution in [-0.4, -0.2) is 15.2 Å². The molecule has 2 aromatic rings. The summed E-state index contributed by atoms with van der Waals surface area (Å²) < 4.78 is 0. The molecule has 0 bridgehead atoms. The highest BCUT2D eigenvalue weighted by molar-refractivity contribution is 6.48. The highest BCUT2D eigenvalue weighted by Gasteiger charge is 2.09. The first-order valence-corrected chi connectivity index (χ1v) is 6.42. The normalized spacial score (nSPS) is 11.2. The van der Waals surface area contributed by atoms with Gasteiger partial charge >= 0.3 is 0 Å². The Hall–Kier alpha value is -0.863. The molecular formula is C12H14ClNSi. The van der Waals surface area contributed by atoms with Crippen LogP contribution in [0.5, 0.6) is 0 Å². The summed E-state index contributed by atoms with van der Waals surface area (Å²) in [6.45, 7) is 6.27. The van der Waals surface area contributed by atoms with Crippen molar-refractivity contribution in [3.8, 4) is 0 Å². The van der Waals surface area contributed by atoms with Gasteiger partial charge in [-0.05, 0) is 38.0 Å². The molecule has 0 atom stereocenters. The van der Waals surface area contributed by atoms with Gasteiger partial charge in [-0.25, -0.2) is 0 Å². The first-order chi connectivity index (χ1) is 7.02. The SMILES string of the molecule is Cc1nc2ccc([SiH3])c(Cl)c2c(C)c1C. The van der Waals surface area contributed by atoms with Gasteiger partial charge in [-0.2, -0.15) is 0 Å².